The lowest BCUT2D eigenvalue weighted by molar-refractivity contribution is -0.126. The van der Waals surface area contributed by atoms with Crippen LogP contribution in [0.4, 0.5) is 0 Å². The van der Waals surface area contributed by atoms with Crippen LogP contribution in [0.25, 0.3) is 0 Å². The molecule has 1 saturated heterocycles. The number of carbonyl (C=O) groups is 1. The molecule has 1 amide bonds. The molecule has 0 radical (unpaired) electrons. The second kappa shape index (κ2) is 6.71. The number of carbonyl (C=O) groups excluding carboxylic acids is 1. The third-order valence-corrected chi connectivity index (χ3v) is 4.55. The van der Waals surface area contributed by atoms with Crippen molar-refractivity contribution in [1.82, 2.24) is 20.2 Å². The molecule has 2 aliphatic heterocycles. The van der Waals surface area contributed by atoms with Crippen LogP contribution < -0.4 is 5.32 Å². The van der Waals surface area contributed by atoms with Crippen LogP contribution in [0, 0.1) is 6.92 Å². The Morgan fingerprint density at radius 2 is 2.45 bits per heavy atom. The highest BCUT2D eigenvalue weighted by Gasteiger charge is 2.27. The van der Waals surface area contributed by atoms with Crippen LogP contribution in [0.1, 0.15) is 36.8 Å². The summed E-state index contributed by atoms with van der Waals surface area (Å²) in [5.41, 5.74) is 2.26. The molecule has 1 aromatic rings. The lowest BCUT2D eigenvalue weighted by Crippen LogP contribution is -2.48. The number of hydrogen-bond donors (Lipinski definition) is 1. The van der Waals surface area contributed by atoms with Gasteiger partial charge >= 0.3 is 0 Å². The highest BCUT2D eigenvalue weighted by atomic mass is 16.5. The molecule has 3 heterocycles. The Labute approximate surface area is 131 Å². The van der Waals surface area contributed by atoms with Crippen LogP contribution >= 0.6 is 0 Å². The molecule has 1 aromatic heterocycles. The van der Waals surface area contributed by atoms with Crippen molar-refractivity contribution in [2.75, 3.05) is 19.7 Å². The highest BCUT2D eigenvalue weighted by molar-refractivity contribution is 5.81. The first kappa shape index (κ1) is 15.4. The normalized spacial score (nSPS) is 23.1. The fourth-order valence-corrected chi connectivity index (χ4v) is 3.09. The van der Waals surface area contributed by atoms with Gasteiger partial charge in [-0.25, -0.2) is 9.97 Å². The zero-order valence-corrected chi connectivity index (χ0v) is 13.3. The van der Waals surface area contributed by atoms with Crippen LogP contribution in [-0.4, -0.2) is 52.6 Å². The van der Waals surface area contributed by atoms with E-state index in [4.69, 9.17) is 4.74 Å². The average molecular weight is 304 g/mol. The zero-order valence-electron chi connectivity index (χ0n) is 13.3. The van der Waals surface area contributed by atoms with E-state index in [1.54, 1.807) is 0 Å². The Morgan fingerprint density at radius 1 is 1.59 bits per heavy atom. The van der Waals surface area contributed by atoms with Gasteiger partial charge in [0.15, 0.2) is 0 Å². The van der Waals surface area contributed by atoms with Gasteiger partial charge in [0.1, 0.15) is 5.82 Å². The lowest BCUT2D eigenvalue weighted by atomic mass is 10.0. The van der Waals surface area contributed by atoms with Crippen LogP contribution in [0.2, 0.25) is 0 Å². The standard InChI is InChI=1S/C16H24N4O2/c1-11(16(21)18-9-14-4-3-7-22-14)20-6-5-13-8-17-12(2)19-15(13)10-20/h8,11,14H,3-7,9-10H2,1-2H3,(H,18,21)/t11-,14+/m1/s1. The van der Waals surface area contributed by atoms with E-state index in [-0.39, 0.29) is 18.1 Å². The van der Waals surface area contributed by atoms with Gasteiger partial charge in [0.05, 0.1) is 17.8 Å². The lowest BCUT2D eigenvalue weighted by Gasteiger charge is -2.32. The smallest absolute Gasteiger partial charge is 0.237 e. The molecule has 0 aliphatic carbocycles. The van der Waals surface area contributed by atoms with E-state index < -0.39 is 0 Å². The predicted molar refractivity (Wildman–Crippen MR) is 82.3 cm³/mol. The first-order valence-corrected chi connectivity index (χ1v) is 8.08. The summed E-state index contributed by atoms with van der Waals surface area (Å²) in [5, 5.41) is 3.02. The van der Waals surface area contributed by atoms with E-state index in [9.17, 15) is 4.79 Å². The van der Waals surface area contributed by atoms with Crippen molar-refractivity contribution in [1.29, 1.82) is 0 Å². The fraction of sp³-hybridized carbons (Fsp3) is 0.688. The third kappa shape index (κ3) is 3.44. The second-order valence-corrected chi connectivity index (χ2v) is 6.17. The number of ether oxygens (including phenoxy) is 1. The number of hydrogen-bond acceptors (Lipinski definition) is 5. The second-order valence-electron chi connectivity index (χ2n) is 6.17. The summed E-state index contributed by atoms with van der Waals surface area (Å²) in [6.07, 6.45) is 5.14. The van der Waals surface area contributed by atoms with Gasteiger partial charge in [0.2, 0.25) is 5.91 Å². The SMILES string of the molecule is Cc1ncc2c(n1)CN([C@H](C)C(=O)NC[C@@H]1CCCO1)CC2. The number of aromatic nitrogens is 2. The summed E-state index contributed by atoms with van der Waals surface area (Å²) < 4.78 is 5.54. The Bertz CT molecular complexity index is 543. The molecule has 0 saturated carbocycles. The van der Waals surface area contributed by atoms with E-state index >= 15 is 0 Å². The van der Waals surface area contributed by atoms with Crippen LogP contribution in [0.15, 0.2) is 6.20 Å². The Balaban J connectivity index is 1.55. The van der Waals surface area contributed by atoms with Gasteiger partial charge in [-0.15, -0.1) is 0 Å². The van der Waals surface area contributed by atoms with Crippen molar-refractivity contribution in [2.24, 2.45) is 0 Å². The zero-order chi connectivity index (χ0) is 15.5. The molecular formula is C16H24N4O2. The molecule has 120 valence electrons. The number of nitrogens with zero attached hydrogens (tertiary/aromatic N) is 3. The molecule has 2 aliphatic rings. The van der Waals surface area contributed by atoms with E-state index in [1.807, 2.05) is 20.0 Å². The molecule has 0 spiro atoms. The van der Waals surface area contributed by atoms with Crippen molar-refractivity contribution in [3.63, 3.8) is 0 Å². The molecular weight excluding hydrogens is 280 g/mol. The number of amides is 1. The largest absolute Gasteiger partial charge is 0.376 e. The van der Waals surface area contributed by atoms with E-state index in [2.05, 4.69) is 20.2 Å². The minimum absolute atomic E-state index is 0.0738. The van der Waals surface area contributed by atoms with Crippen molar-refractivity contribution in [3.8, 4) is 0 Å². The molecule has 2 atom stereocenters. The maximum Gasteiger partial charge on any atom is 0.237 e. The monoisotopic (exact) mass is 304 g/mol. The fourth-order valence-electron chi connectivity index (χ4n) is 3.09. The number of aryl methyl sites for hydroxylation is 1. The summed E-state index contributed by atoms with van der Waals surface area (Å²) >= 11 is 0. The third-order valence-electron chi connectivity index (χ3n) is 4.55. The van der Waals surface area contributed by atoms with Crippen LogP contribution in [0.3, 0.4) is 0 Å². The number of rotatable bonds is 4. The van der Waals surface area contributed by atoms with Crippen LogP contribution in [0.5, 0.6) is 0 Å². The van der Waals surface area contributed by atoms with Crippen molar-refractivity contribution >= 4 is 5.91 Å². The van der Waals surface area contributed by atoms with Crippen molar-refractivity contribution < 1.29 is 9.53 Å². The number of fused-ring (bicyclic) bond motifs is 1. The number of nitrogens with one attached hydrogen (secondary N) is 1. The average Bonchev–Trinajstić information content (AvgIpc) is 3.04. The summed E-state index contributed by atoms with van der Waals surface area (Å²) in [6.45, 7) is 6.88. The van der Waals surface area contributed by atoms with Crippen molar-refractivity contribution in [2.45, 2.75) is 51.8 Å². The summed E-state index contributed by atoms with van der Waals surface area (Å²) in [6, 6.07) is -0.148. The molecule has 0 aromatic carbocycles. The van der Waals surface area contributed by atoms with Gasteiger partial charge in [0, 0.05) is 32.4 Å². The van der Waals surface area contributed by atoms with Gasteiger partial charge in [-0.05, 0) is 38.7 Å². The van der Waals surface area contributed by atoms with E-state index in [0.29, 0.717) is 13.1 Å². The highest BCUT2D eigenvalue weighted by Crippen LogP contribution is 2.18. The molecule has 0 bridgehead atoms. The maximum atomic E-state index is 12.3. The van der Waals surface area contributed by atoms with Gasteiger partial charge in [-0.2, -0.15) is 0 Å². The Kier molecular flexibility index (Phi) is 4.69. The summed E-state index contributed by atoms with van der Waals surface area (Å²) in [4.78, 5) is 23.3. The first-order valence-electron chi connectivity index (χ1n) is 8.08. The van der Waals surface area contributed by atoms with Crippen LogP contribution in [-0.2, 0) is 22.5 Å². The summed E-state index contributed by atoms with van der Waals surface area (Å²) in [5.74, 6) is 0.862. The molecule has 22 heavy (non-hydrogen) atoms. The van der Waals surface area contributed by atoms with E-state index in [1.165, 1.54) is 5.56 Å². The Morgan fingerprint density at radius 3 is 3.23 bits per heavy atom. The molecule has 6 nitrogen and oxygen atoms in total. The van der Waals surface area contributed by atoms with E-state index in [0.717, 1.165) is 43.9 Å². The van der Waals surface area contributed by atoms with Gasteiger partial charge in [-0.1, -0.05) is 0 Å². The first-order chi connectivity index (χ1) is 10.6. The molecule has 1 fully saturated rings. The topological polar surface area (TPSA) is 67.4 Å². The van der Waals surface area contributed by atoms with Gasteiger partial charge < -0.3 is 10.1 Å². The minimum Gasteiger partial charge on any atom is -0.376 e. The summed E-state index contributed by atoms with van der Waals surface area (Å²) in [7, 11) is 0. The molecule has 6 heteroatoms. The quantitative estimate of drug-likeness (QED) is 0.892. The minimum atomic E-state index is -0.148. The molecule has 0 unspecified atom stereocenters. The molecule has 3 rings (SSSR count). The van der Waals surface area contributed by atoms with Crippen molar-refractivity contribution in [3.05, 3.63) is 23.3 Å². The van der Waals surface area contributed by atoms with Gasteiger partial charge in [0.25, 0.3) is 0 Å². The Hall–Kier alpha value is -1.53. The maximum absolute atomic E-state index is 12.3. The van der Waals surface area contributed by atoms with Gasteiger partial charge in [-0.3, -0.25) is 9.69 Å². The molecule has 1 N–H and O–H groups in total. The predicted octanol–water partition coefficient (Wildman–Crippen LogP) is 0.827.